The molecule has 0 aliphatic carbocycles. The minimum Gasteiger partial charge on any atom is -0.489 e. The van der Waals surface area contributed by atoms with Gasteiger partial charge in [-0.15, -0.1) is 5.92 Å². The quantitative estimate of drug-likeness (QED) is 0.393. The van der Waals surface area contributed by atoms with Crippen molar-refractivity contribution < 1.29 is 14.6 Å². The summed E-state index contributed by atoms with van der Waals surface area (Å²) in [6, 6.07) is 27.5. The summed E-state index contributed by atoms with van der Waals surface area (Å²) in [5.74, 6) is 5.41. The minimum absolute atomic E-state index is 0.00398. The number of benzene rings is 3. The second-order valence-corrected chi connectivity index (χ2v) is 8.76. The molecule has 3 aromatic rings. The number of rotatable bonds is 9. The number of hydrogen-bond acceptors (Lipinski definition) is 3. The first-order valence-corrected chi connectivity index (χ1v) is 11.9. The zero-order valence-corrected chi connectivity index (χ0v) is 19.6. The van der Waals surface area contributed by atoms with Crippen LogP contribution in [0.1, 0.15) is 60.4 Å². The van der Waals surface area contributed by atoms with Gasteiger partial charge in [-0.05, 0) is 60.7 Å². The molecule has 1 aliphatic rings. The molecule has 4 nitrogen and oxygen atoms in total. The molecule has 0 spiro atoms. The Hall–Kier alpha value is -3.55. The van der Waals surface area contributed by atoms with Crippen molar-refractivity contribution in [1.29, 1.82) is 0 Å². The predicted octanol–water partition coefficient (Wildman–Crippen LogP) is 6.18. The molecule has 0 saturated carbocycles. The van der Waals surface area contributed by atoms with Crippen LogP contribution < -0.4 is 4.74 Å². The molecule has 4 rings (SSSR count). The van der Waals surface area contributed by atoms with Crippen LogP contribution >= 0.6 is 0 Å². The molecule has 1 aliphatic heterocycles. The Kier molecular flexibility index (Phi) is 8.01. The molecule has 34 heavy (non-hydrogen) atoms. The molecule has 2 atom stereocenters. The van der Waals surface area contributed by atoms with E-state index in [9.17, 15) is 4.79 Å². The lowest BCUT2D eigenvalue weighted by atomic mass is 9.96. The smallest absolute Gasteiger partial charge is 0.304 e. The molecule has 0 bridgehead atoms. The third-order valence-electron chi connectivity index (χ3n) is 6.31. The molecule has 0 amide bonds. The number of aliphatic carboxylic acids is 1. The minimum atomic E-state index is -0.850. The first-order valence-electron chi connectivity index (χ1n) is 11.9. The zero-order chi connectivity index (χ0) is 23.8. The van der Waals surface area contributed by atoms with Gasteiger partial charge in [0.15, 0.2) is 0 Å². The number of carbonyl (C=O) groups is 1. The lowest BCUT2D eigenvalue weighted by Gasteiger charge is -2.25. The summed E-state index contributed by atoms with van der Waals surface area (Å²) in [4.78, 5) is 13.7. The lowest BCUT2D eigenvalue weighted by molar-refractivity contribution is -0.137. The number of ether oxygens (including phenoxy) is 1. The van der Waals surface area contributed by atoms with Crippen LogP contribution in [-0.4, -0.2) is 22.5 Å². The van der Waals surface area contributed by atoms with Crippen LogP contribution in [0.15, 0.2) is 78.9 Å². The van der Waals surface area contributed by atoms with Crippen molar-refractivity contribution in [2.24, 2.45) is 0 Å². The van der Waals surface area contributed by atoms with E-state index in [4.69, 9.17) is 9.84 Å². The Bertz CT molecular complexity index is 1140. The topological polar surface area (TPSA) is 49.8 Å². The van der Waals surface area contributed by atoms with Gasteiger partial charge in [0.25, 0.3) is 0 Å². The first-order chi connectivity index (χ1) is 16.6. The zero-order valence-electron chi connectivity index (χ0n) is 19.6. The van der Waals surface area contributed by atoms with Crippen LogP contribution in [0.3, 0.4) is 0 Å². The van der Waals surface area contributed by atoms with E-state index in [1.165, 1.54) is 24.0 Å². The highest BCUT2D eigenvalue weighted by molar-refractivity contribution is 5.69. The van der Waals surface area contributed by atoms with Gasteiger partial charge in [0, 0.05) is 12.6 Å². The fourth-order valence-electron chi connectivity index (χ4n) is 4.68. The van der Waals surface area contributed by atoms with Gasteiger partial charge in [0.05, 0.1) is 12.3 Å². The third kappa shape index (κ3) is 6.27. The Labute approximate surface area is 202 Å². The van der Waals surface area contributed by atoms with Gasteiger partial charge in [-0.3, -0.25) is 9.69 Å². The molecular formula is C30H31NO3. The second kappa shape index (κ2) is 11.5. The largest absolute Gasteiger partial charge is 0.489 e. The van der Waals surface area contributed by atoms with Crippen LogP contribution in [0.5, 0.6) is 5.75 Å². The molecule has 1 unspecified atom stereocenters. The molecule has 0 radical (unpaired) electrons. The van der Waals surface area contributed by atoms with Gasteiger partial charge >= 0.3 is 5.97 Å². The van der Waals surface area contributed by atoms with Gasteiger partial charge in [0.1, 0.15) is 12.4 Å². The van der Waals surface area contributed by atoms with E-state index in [-0.39, 0.29) is 12.3 Å². The molecule has 1 saturated heterocycles. The maximum atomic E-state index is 11.1. The second-order valence-electron chi connectivity index (χ2n) is 8.76. The Morgan fingerprint density at radius 2 is 1.82 bits per heavy atom. The molecule has 3 aromatic carbocycles. The molecular weight excluding hydrogens is 422 g/mol. The first kappa shape index (κ1) is 23.6. The fraction of sp³-hybridized carbons (Fsp3) is 0.300. The van der Waals surface area contributed by atoms with Gasteiger partial charge in [-0.1, -0.05) is 72.7 Å². The summed E-state index contributed by atoms with van der Waals surface area (Å²) in [7, 11) is 0. The van der Waals surface area contributed by atoms with Crippen molar-refractivity contribution in [3.8, 4) is 17.6 Å². The van der Waals surface area contributed by atoms with Gasteiger partial charge in [-0.2, -0.15) is 0 Å². The normalized spacial score (nSPS) is 16.4. The number of carboxylic acids is 1. The third-order valence-corrected chi connectivity index (χ3v) is 6.31. The Balaban J connectivity index is 1.36. The van der Waals surface area contributed by atoms with Crippen LogP contribution in [0.25, 0.3) is 0 Å². The van der Waals surface area contributed by atoms with E-state index < -0.39 is 5.97 Å². The molecule has 174 valence electrons. The number of nitrogens with zero attached hydrogens (tertiary/aromatic N) is 1. The lowest BCUT2D eigenvalue weighted by Crippen LogP contribution is -2.22. The van der Waals surface area contributed by atoms with E-state index in [0.717, 1.165) is 30.0 Å². The van der Waals surface area contributed by atoms with E-state index in [1.807, 2.05) is 24.3 Å². The van der Waals surface area contributed by atoms with Crippen molar-refractivity contribution in [3.63, 3.8) is 0 Å². The molecule has 1 heterocycles. The number of hydrogen-bond donors (Lipinski definition) is 1. The van der Waals surface area contributed by atoms with E-state index in [1.54, 1.807) is 6.92 Å². The van der Waals surface area contributed by atoms with E-state index >= 15 is 0 Å². The van der Waals surface area contributed by atoms with E-state index in [0.29, 0.717) is 12.6 Å². The van der Waals surface area contributed by atoms with Crippen LogP contribution in [-0.2, 0) is 17.9 Å². The van der Waals surface area contributed by atoms with Crippen LogP contribution in [0.2, 0.25) is 0 Å². The number of carboxylic acid groups (broad SMARTS) is 1. The van der Waals surface area contributed by atoms with Gasteiger partial charge < -0.3 is 9.84 Å². The highest BCUT2D eigenvalue weighted by atomic mass is 16.5. The van der Waals surface area contributed by atoms with Gasteiger partial charge in [0.2, 0.25) is 0 Å². The van der Waals surface area contributed by atoms with Crippen LogP contribution in [0.4, 0.5) is 0 Å². The average molecular weight is 454 g/mol. The maximum absolute atomic E-state index is 11.1. The standard InChI is InChI=1S/C30H31NO3/c1-2-8-27(20-30(32)33)25-14-16-28(17-15-25)34-22-24-10-6-9-23(19-24)21-31-18-7-13-29(31)26-11-4-3-5-12-26/h3-6,9-12,14-17,19,27,29H,7,13,18,20-22H2,1H3,(H,32,33)/t27-,29?/m0/s1. The molecule has 0 aromatic heterocycles. The highest BCUT2D eigenvalue weighted by Gasteiger charge is 2.25. The summed E-state index contributed by atoms with van der Waals surface area (Å²) < 4.78 is 6.02. The molecule has 1 N–H and O–H groups in total. The summed E-state index contributed by atoms with van der Waals surface area (Å²) in [5.41, 5.74) is 4.73. The Morgan fingerprint density at radius 1 is 1.06 bits per heavy atom. The average Bonchev–Trinajstić information content (AvgIpc) is 3.31. The predicted molar refractivity (Wildman–Crippen MR) is 134 cm³/mol. The maximum Gasteiger partial charge on any atom is 0.304 e. The van der Waals surface area contributed by atoms with E-state index in [2.05, 4.69) is 71.3 Å². The molecule has 4 heteroatoms. The van der Waals surface area contributed by atoms with Crippen molar-refractivity contribution >= 4 is 5.97 Å². The summed E-state index contributed by atoms with van der Waals surface area (Å²) in [5, 5.41) is 9.13. The van der Waals surface area contributed by atoms with Gasteiger partial charge in [-0.25, -0.2) is 0 Å². The van der Waals surface area contributed by atoms with Crippen LogP contribution in [0, 0.1) is 11.8 Å². The summed E-state index contributed by atoms with van der Waals surface area (Å²) >= 11 is 0. The van der Waals surface area contributed by atoms with Crippen molar-refractivity contribution in [1.82, 2.24) is 4.90 Å². The SMILES string of the molecule is CC#C[C@@H](CC(=O)O)c1ccc(OCc2cccc(CN3CCCC3c3ccccc3)c2)cc1. The molecule has 1 fully saturated rings. The summed E-state index contributed by atoms with van der Waals surface area (Å²) in [6.07, 6.45) is 2.44. The Morgan fingerprint density at radius 3 is 2.56 bits per heavy atom. The van der Waals surface area contributed by atoms with Crippen molar-refractivity contribution in [2.75, 3.05) is 6.54 Å². The fourth-order valence-corrected chi connectivity index (χ4v) is 4.68. The monoisotopic (exact) mass is 453 g/mol. The number of likely N-dealkylation sites (tertiary alicyclic amines) is 1. The summed E-state index contributed by atoms with van der Waals surface area (Å²) in [6.45, 7) is 4.28. The van der Waals surface area contributed by atoms with Crippen molar-refractivity contribution in [3.05, 3.63) is 101 Å². The highest BCUT2D eigenvalue weighted by Crippen LogP contribution is 2.33. The van der Waals surface area contributed by atoms with Crippen molar-refractivity contribution in [2.45, 2.75) is 51.3 Å².